The third-order valence-corrected chi connectivity index (χ3v) is 3.43. The van der Waals surface area contributed by atoms with E-state index in [9.17, 15) is 4.39 Å². The van der Waals surface area contributed by atoms with Gasteiger partial charge in [0.25, 0.3) is 0 Å². The van der Waals surface area contributed by atoms with Crippen molar-refractivity contribution in [3.63, 3.8) is 0 Å². The largest absolute Gasteiger partial charge is 0.459 e. The van der Waals surface area contributed by atoms with Crippen molar-refractivity contribution in [3.8, 4) is 0 Å². The van der Waals surface area contributed by atoms with Gasteiger partial charge in [-0.1, -0.05) is 0 Å². The molecule has 0 saturated carbocycles. The van der Waals surface area contributed by atoms with Crippen LogP contribution in [0.4, 0.5) is 4.39 Å². The summed E-state index contributed by atoms with van der Waals surface area (Å²) in [5.41, 5.74) is 2.68. The van der Waals surface area contributed by atoms with E-state index in [1.807, 2.05) is 33.3 Å². The molecule has 0 spiro atoms. The summed E-state index contributed by atoms with van der Waals surface area (Å²) in [6.45, 7) is 1.96. The summed E-state index contributed by atoms with van der Waals surface area (Å²) >= 11 is 0. The normalized spacial score (nSPS) is 13.0. The maximum Gasteiger partial charge on any atom is 0.134 e. The molecule has 3 aromatic rings. The number of hydrogen-bond donors (Lipinski definition) is 1. The summed E-state index contributed by atoms with van der Waals surface area (Å²) in [7, 11) is 3.75. The fourth-order valence-electron chi connectivity index (χ4n) is 2.53. The number of aromatic nitrogens is 2. The van der Waals surface area contributed by atoms with Crippen LogP contribution in [0.5, 0.6) is 0 Å². The highest BCUT2D eigenvalue weighted by molar-refractivity contribution is 5.78. The van der Waals surface area contributed by atoms with Crippen LogP contribution in [0.15, 0.2) is 34.9 Å². The number of nitrogens with zero attached hydrogens (tertiary/aromatic N) is 2. The van der Waals surface area contributed by atoms with Crippen molar-refractivity contribution in [3.05, 3.63) is 53.3 Å². The minimum absolute atomic E-state index is 0.0980. The van der Waals surface area contributed by atoms with Gasteiger partial charge in [0.1, 0.15) is 17.2 Å². The summed E-state index contributed by atoms with van der Waals surface area (Å²) in [6.07, 6.45) is 1.96. The standard InChI is InChI=1S/C15H16FN3O/c1-9-12(8-19(3)18-9)15(17-2)14-7-10-6-11(16)4-5-13(10)20-14/h4-8,15,17H,1-3H3. The quantitative estimate of drug-likeness (QED) is 0.798. The van der Waals surface area contributed by atoms with Gasteiger partial charge in [0.2, 0.25) is 0 Å². The van der Waals surface area contributed by atoms with Gasteiger partial charge in [-0.25, -0.2) is 4.39 Å². The van der Waals surface area contributed by atoms with Crippen LogP contribution in [0.25, 0.3) is 11.0 Å². The molecule has 3 rings (SSSR count). The lowest BCUT2D eigenvalue weighted by Crippen LogP contribution is -2.17. The number of furan rings is 1. The SMILES string of the molecule is CNC(c1cc2cc(F)ccc2o1)c1cn(C)nc1C. The van der Waals surface area contributed by atoms with E-state index in [1.165, 1.54) is 12.1 Å². The highest BCUT2D eigenvalue weighted by atomic mass is 19.1. The van der Waals surface area contributed by atoms with Crippen molar-refractivity contribution in [2.75, 3.05) is 7.05 Å². The predicted octanol–water partition coefficient (Wildman–Crippen LogP) is 2.92. The molecular formula is C15H16FN3O. The molecule has 0 aliphatic rings. The van der Waals surface area contributed by atoms with Crippen molar-refractivity contribution in [1.82, 2.24) is 15.1 Å². The molecule has 5 heteroatoms. The molecule has 0 saturated heterocycles. The summed E-state index contributed by atoms with van der Waals surface area (Å²) in [5, 5.41) is 8.34. The van der Waals surface area contributed by atoms with Gasteiger partial charge >= 0.3 is 0 Å². The molecule has 4 nitrogen and oxygen atoms in total. The first-order valence-corrected chi connectivity index (χ1v) is 6.45. The monoisotopic (exact) mass is 273 g/mol. The highest BCUT2D eigenvalue weighted by Crippen LogP contribution is 2.29. The molecule has 2 aromatic heterocycles. The highest BCUT2D eigenvalue weighted by Gasteiger charge is 2.20. The molecule has 0 bridgehead atoms. The first kappa shape index (κ1) is 12.9. The van der Waals surface area contributed by atoms with Crippen LogP contribution in [0, 0.1) is 12.7 Å². The molecule has 1 atom stereocenters. The summed E-state index contributed by atoms with van der Waals surface area (Å²) in [4.78, 5) is 0. The third kappa shape index (κ3) is 2.10. The number of aryl methyl sites for hydroxylation is 2. The molecular weight excluding hydrogens is 257 g/mol. The maximum atomic E-state index is 13.2. The van der Waals surface area contributed by atoms with Crippen molar-refractivity contribution in [2.45, 2.75) is 13.0 Å². The van der Waals surface area contributed by atoms with Gasteiger partial charge in [-0.2, -0.15) is 5.10 Å². The van der Waals surface area contributed by atoms with E-state index in [-0.39, 0.29) is 11.9 Å². The maximum absolute atomic E-state index is 13.2. The lowest BCUT2D eigenvalue weighted by molar-refractivity contribution is 0.490. The Kier molecular flexibility index (Phi) is 3.06. The first-order chi connectivity index (χ1) is 9.58. The smallest absolute Gasteiger partial charge is 0.134 e. The van der Waals surface area contributed by atoms with Crippen molar-refractivity contribution < 1.29 is 8.81 Å². The molecule has 0 aliphatic heterocycles. The van der Waals surface area contributed by atoms with Gasteiger partial charge in [0.15, 0.2) is 0 Å². The molecule has 0 radical (unpaired) electrons. The Morgan fingerprint density at radius 3 is 2.80 bits per heavy atom. The zero-order valence-corrected chi connectivity index (χ0v) is 11.6. The number of nitrogens with one attached hydrogen (secondary N) is 1. The van der Waals surface area contributed by atoms with E-state index in [2.05, 4.69) is 10.4 Å². The number of fused-ring (bicyclic) bond motifs is 1. The molecule has 1 N–H and O–H groups in total. The number of benzene rings is 1. The molecule has 0 amide bonds. The second kappa shape index (κ2) is 4.76. The zero-order valence-electron chi connectivity index (χ0n) is 11.6. The lowest BCUT2D eigenvalue weighted by atomic mass is 10.1. The van der Waals surface area contributed by atoms with Crippen LogP contribution in [-0.4, -0.2) is 16.8 Å². The Bertz CT molecular complexity index is 760. The van der Waals surface area contributed by atoms with Gasteiger partial charge in [0, 0.05) is 24.2 Å². The van der Waals surface area contributed by atoms with E-state index in [1.54, 1.807) is 10.7 Å². The second-order valence-electron chi connectivity index (χ2n) is 4.90. The number of rotatable bonds is 3. The molecule has 20 heavy (non-hydrogen) atoms. The van der Waals surface area contributed by atoms with Crippen LogP contribution >= 0.6 is 0 Å². The fourth-order valence-corrected chi connectivity index (χ4v) is 2.53. The van der Waals surface area contributed by atoms with Gasteiger partial charge in [-0.3, -0.25) is 4.68 Å². The molecule has 2 heterocycles. The van der Waals surface area contributed by atoms with Crippen LogP contribution in [0.3, 0.4) is 0 Å². The van der Waals surface area contributed by atoms with Crippen LogP contribution in [0.1, 0.15) is 23.1 Å². The zero-order chi connectivity index (χ0) is 14.3. The molecule has 1 aromatic carbocycles. The summed E-state index contributed by atoms with van der Waals surface area (Å²) in [6, 6.07) is 6.30. The summed E-state index contributed by atoms with van der Waals surface area (Å²) in [5.74, 6) is 0.493. The van der Waals surface area contributed by atoms with E-state index < -0.39 is 0 Å². The second-order valence-corrected chi connectivity index (χ2v) is 4.90. The van der Waals surface area contributed by atoms with Crippen LogP contribution in [0.2, 0.25) is 0 Å². The van der Waals surface area contributed by atoms with E-state index in [0.29, 0.717) is 5.58 Å². The average molecular weight is 273 g/mol. The van der Waals surface area contributed by atoms with Gasteiger partial charge in [-0.15, -0.1) is 0 Å². The Balaban J connectivity index is 2.09. The Morgan fingerprint density at radius 1 is 1.35 bits per heavy atom. The Labute approximate surface area is 116 Å². The lowest BCUT2D eigenvalue weighted by Gasteiger charge is -2.12. The van der Waals surface area contributed by atoms with Crippen LogP contribution < -0.4 is 5.32 Å². The molecule has 0 aliphatic carbocycles. The Morgan fingerprint density at radius 2 is 2.15 bits per heavy atom. The molecule has 0 fully saturated rings. The van der Waals surface area contributed by atoms with Crippen molar-refractivity contribution in [2.24, 2.45) is 7.05 Å². The number of hydrogen-bond acceptors (Lipinski definition) is 3. The van der Waals surface area contributed by atoms with Crippen molar-refractivity contribution >= 4 is 11.0 Å². The van der Waals surface area contributed by atoms with E-state index in [4.69, 9.17) is 4.42 Å². The van der Waals surface area contributed by atoms with E-state index in [0.717, 1.165) is 22.4 Å². The Hall–Kier alpha value is -2.14. The minimum Gasteiger partial charge on any atom is -0.459 e. The summed E-state index contributed by atoms with van der Waals surface area (Å²) < 4.78 is 20.9. The van der Waals surface area contributed by atoms with Gasteiger partial charge in [0.05, 0.1) is 11.7 Å². The first-order valence-electron chi connectivity index (χ1n) is 6.45. The molecule has 1 unspecified atom stereocenters. The van der Waals surface area contributed by atoms with E-state index >= 15 is 0 Å². The fraction of sp³-hybridized carbons (Fsp3) is 0.267. The third-order valence-electron chi connectivity index (χ3n) is 3.43. The number of halogens is 1. The predicted molar refractivity (Wildman–Crippen MR) is 75.0 cm³/mol. The van der Waals surface area contributed by atoms with Crippen molar-refractivity contribution in [1.29, 1.82) is 0 Å². The topological polar surface area (TPSA) is 43.0 Å². The average Bonchev–Trinajstić information content (AvgIpc) is 2.94. The van der Waals surface area contributed by atoms with Gasteiger partial charge < -0.3 is 9.73 Å². The minimum atomic E-state index is -0.261. The van der Waals surface area contributed by atoms with Gasteiger partial charge in [-0.05, 0) is 38.2 Å². The molecule has 104 valence electrons. The van der Waals surface area contributed by atoms with Crippen LogP contribution in [-0.2, 0) is 7.05 Å².